The third kappa shape index (κ3) is 6.74. The molecule has 0 aliphatic carbocycles. The van der Waals surface area contributed by atoms with Crippen LogP contribution >= 0.6 is 0 Å². The van der Waals surface area contributed by atoms with Gasteiger partial charge in [-0.05, 0) is 79.7 Å². The van der Waals surface area contributed by atoms with Gasteiger partial charge in [-0.15, -0.1) is 0 Å². The molecule has 7 heteroatoms. The van der Waals surface area contributed by atoms with Crippen LogP contribution in [0, 0.1) is 5.92 Å². The molecule has 1 amide bonds. The number of aryl methyl sites for hydroxylation is 2. The second-order valence-corrected chi connectivity index (χ2v) is 9.65. The van der Waals surface area contributed by atoms with Crippen molar-refractivity contribution in [2.75, 3.05) is 39.2 Å². The number of rotatable bonds is 9. The third-order valence-electron chi connectivity index (χ3n) is 7.34. The van der Waals surface area contributed by atoms with Crippen molar-refractivity contribution in [1.82, 2.24) is 9.88 Å². The molecule has 1 atom stereocenters. The van der Waals surface area contributed by atoms with Gasteiger partial charge in [0.25, 0.3) is 0 Å². The molecular weight excluding hydrogens is 442 g/mol. The molecule has 2 aliphatic heterocycles. The normalized spacial score (nSPS) is 16.7. The summed E-state index contributed by atoms with van der Waals surface area (Å²) in [6.07, 6.45) is 6.54. The summed E-state index contributed by atoms with van der Waals surface area (Å²) in [6, 6.07) is 12.2. The van der Waals surface area contributed by atoms with Gasteiger partial charge >= 0.3 is 5.97 Å². The highest BCUT2D eigenvalue weighted by Gasteiger charge is 2.27. The number of hydrogen-bond donors (Lipinski definition) is 1. The zero-order chi connectivity index (χ0) is 24.6. The first-order chi connectivity index (χ1) is 17.1. The molecule has 1 saturated heterocycles. The van der Waals surface area contributed by atoms with Gasteiger partial charge in [0, 0.05) is 31.7 Å². The fourth-order valence-electron chi connectivity index (χ4n) is 5.24. The van der Waals surface area contributed by atoms with E-state index >= 15 is 0 Å². The average molecular weight is 480 g/mol. The van der Waals surface area contributed by atoms with Gasteiger partial charge in [0.2, 0.25) is 5.91 Å². The maximum Gasteiger partial charge on any atom is 0.306 e. The molecule has 1 unspecified atom stereocenters. The number of amides is 1. The molecule has 4 rings (SSSR count). The lowest BCUT2D eigenvalue weighted by atomic mass is 9.82. The van der Waals surface area contributed by atoms with E-state index < -0.39 is 0 Å². The zero-order valence-electron chi connectivity index (χ0n) is 20.9. The van der Waals surface area contributed by atoms with Crippen LogP contribution in [-0.2, 0) is 27.2 Å². The number of ether oxygens (including phenoxy) is 2. The molecule has 35 heavy (non-hydrogen) atoms. The van der Waals surface area contributed by atoms with E-state index in [0.717, 1.165) is 74.6 Å². The summed E-state index contributed by atoms with van der Waals surface area (Å²) in [5.74, 6) is 2.33. The molecule has 2 aromatic rings. The number of piperidine rings is 1. The molecule has 1 aromatic carbocycles. The van der Waals surface area contributed by atoms with Crippen LogP contribution in [0.25, 0.3) is 0 Å². The van der Waals surface area contributed by atoms with E-state index in [1.54, 1.807) is 7.11 Å². The van der Waals surface area contributed by atoms with Gasteiger partial charge in [0.05, 0.1) is 20.6 Å². The zero-order valence-corrected chi connectivity index (χ0v) is 20.9. The lowest BCUT2D eigenvalue weighted by Gasteiger charge is -2.34. The van der Waals surface area contributed by atoms with Crippen LogP contribution in [0.4, 0.5) is 5.82 Å². The van der Waals surface area contributed by atoms with Crippen molar-refractivity contribution in [3.8, 4) is 5.75 Å². The van der Waals surface area contributed by atoms with Crippen LogP contribution in [0.1, 0.15) is 61.3 Å². The first-order valence-corrected chi connectivity index (χ1v) is 12.8. The molecule has 3 heterocycles. The van der Waals surface area contributed by atoms with Crippen LogP contribution < -0.4 is 10.1 Å². The number of nitrogens with one attached hydrogen (secondary N) is 1. The summed E-state index contributed by atoms with van der Waals surface area (Å²) in [6.45, 7) is 2.51. The fourth-order valence-corrected chi connectivity index (χ4v) is 5.24. The molecule has 0 radical (unpaired) electrons. The number of esters is 1. The number of likely N-dealkylation sites (tertiary alicyclic amines) is 1. The second kappa shape index (κ2) is 12.0. The molecule has 0 saturated carbocycles. The SMILES string of the molecule is COC(=O)CC(CC1CCN(C(=O)CCc2ccc3c(n2)NCCC3)CC1)c1cccc(OC)c1. The van der Waals surface area contributed by atoms with Crippen LogP contribution in [0.3, 0.4) is 0 Å². The van der Waals surface area contributed by atoms with Crippen molar-refractivity contribution >= 4 is 17.7 Å². The van der Waals surface area contributed by atoms with Gasteiger partial charge in [-0.1, -0.05) is 18.2 Å². The van der Waals surface area contributed by atoms with Crippen LogP contribution in [0.2, 0.25) is 0 Å². The van der Waals surface area contributed by atoms with Gasteiger partial charge in [0.15, 0.2) is 0 Å². The van der Waals surface area contributed by atoms with Crippen LogP contribution in [-0.4, -0.2) is 55.6 Å². The Kier molecular flexibility index (Phi) is 8.61. The van der Waals surface area contributed by atoms with Crippen LogP contribution in [0.15, 0.2) is 36.4 Å². The number of fused-ring (bicyclic) bond motifs is 1. The van der Waals surface area contributed by atoms with Gasteiger partial charge < -0.3 is 19.7 Å². The Morgan fingerprint density at radius 2 is 2.00 bits per heavy atom. The maximum absolute atomic E-state index is 12.9. The quantitative estimate of drug-likeness (QED) is 0.539. The highest BCUT2D eigenvalue weighted by molar-refractivity contribution is 5.76. The summed E-state index contributed by atoms with van der Waals surface area (Å²) >= 11 is 0. The highest BCUT2D eigenvalue weighted by atomic mass is 16.5. The van der Waals surface area contributed by atoms with Gasteiger partial charge in [-0.3, -0.25) is 9.59 Å². The van der Waals surface area contributed by atoms with Crippen molar-refractivity contribution < 1.29 is 19.1 Å². The average Bonchev–Trinajstić information content (AvgIpc) is 2.91. The first-order valence-electron chi connectivity index (χ1n) is 12.8. The predicted molar refractivity (Wildman–Crippen MR) is 136 cm³/mol. The standard InChI is InChI=1S/C28H37N3O4/c1-34-25-7-3-5-22(18-25)23(19-27(33)35-2)17-20-12-15-31(16-13-20)26(32)11-10-24-9-8-21-6-4-14-29-28(21)30-24/h3,5,7-9,18,20,23H,4,6,10-17,19H2,1-2H3,(H,29,30). The van der Waals surface area contributed by atoms with E-state index in [9.17, 15) is 9.59 Å². The van der Waals surface area contributed by atoms with Gasteiger partial charge in [0.1, 0.15) is 11.6 Å². The van der Waals surface area contributed by atoms with Crippen molar-refractivity contribution in [1.29, 1.82) is 0 Å². The number of carbonyl (C=O) groups excluding carboxylic acids is 2. The Morgan fingerprint density at radius 3 is 2.77 bits per heavy atom. The maximum atomic E-state index is 12.9. The minimum atomic E-state index is -0.198. The van der Waals surface area contributed by atoms with E-state index in [-0.39, 0.29) is 17.8 Å². The molecule has 1 N–H and O–H groups in total. The van der Waals surface area contributed by atoms with Crippen molar-refractivity contribution in [3.63, 3.8) is 0 Å². The molecule has 7 nitrogen and oxygen atoms in total. The van der Waals surface area contributed by atoms with E-state index in [1.165, 1.54) is 12.7 Å². The summed E-state index contributed by atoms with van der Waals surface area (Å²) < 4.78 is 10.3. The number of anilines is 1. The lowest BCUT2D eigenvalue weighted by molar-refractivity contribution is -0.141. The number of hydrogen-bond acceptors (Lipinski definition) is 6. The predicted octanol–water partition coefficient (Wildman–Crippen LogP) is 4.36. The van der Waals surface area contributed by atoms with E-state index in [2.05, 4.69) is 23.5 Å². The molecule has 1 aromatic heterocycles. The van der Waals surface area contributed by atoms with Gasteiger partial charge in [-0.2, -0.15) is 0 Å². The minimum Gasteiger partial charge on any atom is -0.497 e. The minimum absolute atomic E-state index is 0.0773. The van der Waals surface area contributed by atoms with Gasteiger partial charge in [-0.25, -0.2) is 4.98 Å². The molecule has 0 spiro atoms. The summed E-state index contributed by atoms with van der Waals surface area (Å²) in [5.41, 5.74) is 3.35. The second-order valence-electron chi connectivity index (χ2n) is 9.65. The van der Waals surface area contributed by atoms with E-state index in [0.29, 0.717) is 25.2 Å². The van der Waals surface area contributed by atoms with Crippen LogP contribution in [0.5, 0.6) is 5.75 Å². The Balaban J connectivity index is 1.28. The number of carbonyl (C=O) groups is 2. The number of aromatic nitrogens is 1. The first kappa shape index (κ1) is 25.0. The third-order valence-corrected chi connectivity index (χ3v) is 7.34. The van der Waals surface area contributed by atoms with Crippen molar-refractivity contribution in [3.05, 3.63) is 53.2 Å². The number of pyridine rings is 1. The Labute approximate surface area is 208 Å². The Morgan fingerprint density at radius 1 is 1.17 bits per heavy atom. The summed E-state index contributed by atoms with van der Waals surface area (Å²) in [5, 5.41) is 3.37. The topological polar surface area (TPSA) is 80.8 Å². The Hall–Kier alpha value is -3.09. The number of methoxy groups -OCH3 is 2. The fraction of sp³-hybridized carbons (Fsp3) is 0.536. The summed E-state index contributed by atoms with van der Waals surface area (Å²) in [4.78, 5) is 31.7. The lowest BCUT2D eigenvalue weighted by Crippen LogP contribution is -2.39. The van der Waals surface area contributed by atoms with Crippen molar-refractivity contribution in [2.45, 2.75) is 57.3 Å². The monoisotopic (exact) mass is 479 g/mol. The molecule has 1 fully saturated rings. The van der Waals surface area contributed by atoms with E-state index in [1.807, 2.05) is 23.1 Å². The smallest absolute Gasteiger partial charge is 0.306 e. The summed E-state index contributed by atoms with van der Waals surface area (Å²) in [7, 11) is 3.09. The molecule has 188 valence electrons. The Bertz CT molecular complexity index is 1020. The largest absolute Gasteiger partial charge is 0.497 e. The number of benzene rings is 1. The molecule has 2 aliphatic rings. The van der Waals surface area contributed by atoms with E-state index in [4.69, 9.17) is 14.5 Å². The van der Waals surface area contributed by atoms with Crippen molar-refractivity contribution in [2.24, 2.45) is 5.92 Å². The molecule has 0 bridgehead atoms. The number of nitrogens with zero attached hydrogens (tertiary/aromatic N) is 2. The molecular formula is C28H37N3O4. The highest BCUT2D eigenvalue weighted by Crippen LogP contribution is 2.34.